The molecule has 0 aromatic heterocycles. The maximum Gasteiger partial charge on any atom is 0.297 e. The van der Waals surface area contributed by atoms with Crippen molar-refractivity contribution < 1.29 is 41.3 Å². The van der Waals surface area contributed by atoms with Crippen molar-refractivity contribution in [3.05, 3.63) is 59.7 Å². The Morgan fingerprint density at radius 1 is 0.868 bits per heavy atom. The highest BCUT2D eigenvalue weighted by molar-refractivity contribution is 7.86. The summed E-state index contributed by atoms with van der Waals surface area (Å²) in [6, 6.07) is 11.6. The fraction of sp³-hybridized carbons (Fsp3) is 0.360. The van der Waals surface area contributed by atoms with Gasteiger partial charge in [-0.15, -0.1) is 0 Å². The van der Waals surface area contributed by atoms with Crippen molar-refractivity contribution in [3.8, 4) is 0 Å². The minimum atomic E-state index is -3.82. The van der Waals surface area contributed by atoms with Crippen LogP contribution in [0.5, 0.6) is 0 Å². The predicted octanol–water partition coefficient (Wildman–Crippen LogP) is 0.938. The van der Waals surface area contributed by atoms with Crippen molar-refractivity contribution in [2.24, 2.45) is 0 Å². The lowest BCUT2D eigenvalue weighted by Crippen LogP contribution is -2.54. The largest absolute Gasteiger partial charge is 0.382 e. The Balaban J connectivity index is 1.17. The Bertz CT molecular complexity index is 1310. The quantitative estimate of drug-likeness (QED) is 0.211. The Labute approximate surface area is 219 Å². The summed E-state index contributed by atoms with van der Waals surface area (Å²) >= 11 is 0. The number of amides is 4. The highest BCUT2D eigenvalue weighted by Gasteiger charge is 2.45. The third kappa shape index (κ3) is 6.25. The van der Waals surface area contributed by atoms with E-state index < -0.39 is 39.8 Å². The summed E-state index contributed by atoms with van der Waals surface area (Å²) < 4.78 is 39.8. The molecule has 1 saturated heterocycles. The zero-order valence-electron chi connectivity index (χ0n) is 20.4. The molecule has 1 fully saturated rings. The van der Waals surface area contributed by atoms with Crippen LogP contribution in [0.4, 0.5) is 5.69 Å². The van der Waals surface area contributed by atoms with E-state index in [1.807, 2.05) is 0 Å². The van der Waals surface area contributed by atoms with Gasteiger partial charge in [0.05, 0.1) is 49.1 Å². The van der Waals surface area contributed by atoms with Gasteiger partial charge in [-0.25, -0.2) is 0 Å². The molecule has 2 aromatic rings. The first-order valence-electron chi connectivity index (χ1n) is 12.0. The summed E-state index contributed by atoms with van der Waals surface area (Å²) in [7, 11) is -3.82. The molecule has 38 heavy (non-hydrogen) atoms. The molecule has 202 valence electrons. The van der Waals surface area contributed by atoms with Gasteiger partial charge in [0.2, 0.25) is 11.8 Å². The van der Waals surface area contributed by atoms with Crippen LogP contribution in [0.25, 0.3) is 0 Å². The molecule has 1 atom stereocenters. The molecular weight excluding hydrogens is 518 g/mol. The molecule has 1 unspecified atom stereocenters. The Morgan fingerprint density at radius 2 is 1.58 bits per heavy atom. The molecule has 0 saturated carbocycles. The van der Waals surface area contributed by atoms with Crippen LogP contribution >= 0.6 is 0 Å². The second kappa shape index (κ2) is 12.3. The maximum absolute atomic E-state index is 13.1. The molecule has 0 radical (unpaired) electrons. The van der Waals surface area contributed by atoms with Crippen molar-refractivity contribution in [1.29, 1.82) is 0 Å². The number of hydrogen-bond acceptors (Lipinski definition) is 10. The number of nitrogens with zero attached hydrogens (tertiary/aromatic N) is 1. The van der Waals surface area contributed by atoms with Crippen molar-refractivity contribution in [2.75, 3.05) is 44.9 Å². The number of hydrogen-bond donors (Lipinski definition) is 2. The SMILES string of the molecule is O=C1CCC(N2C(=O)c3cccc(NCCOCCOCCOS(=O)(=O)c4ccccc4)c3C2=O)C(=O)N1. The zero-order valence-corrected chi connectivity index (χ0v) is 21.2. The molecule has 0 bridgehead atoms. The van der Waals surface area contributed by atoms with Gasteiger partial charge in [-0.05, 0) is 30.7 Å². The average Bonchev–Trinajstić information content (AvgIpc) is 3.16. The lowest BCUT2D eigenvalue weighted by atomic mass is 10.0. The van der Waals surface area contributed by atoms with Gasteiger partial charge in [0.25, 0.3) is 21.9 Å². The highest BCUT2D eigenvalue weighted by atomic mass is 32.2. The minimum absolute atomic E-state index is 0.0514. The van der Waals surface area contributed by atoms with Crippen molar-refractivity contribution in [3.63, 3.8) is 0 Å². The molecule has 4 amide bonds. The topological polar surface area (TPSA) is 157 Å². The summed E-state index contributed by atoms with van der Waals surface area (Å²) in [6.45, 7) is 1.02. The van der Waals surface area contributed by atoms with Gasteiger partial charge < -0.3 is 14.8 Å². The second-order valence-corrected chi connectivity index (χ2v) is 10.0. The van der Waals surface area contributed by atoms with E-state index in [-0.39, 0.29) is 61.9 Å². The molecule has 13 heteroatoms. The normalized spacial score (nSPS) is 17.5. The zero-order chi connectivity index (χ0) is 27.1. The van der Waals surface area contributed by atoms with E-state index in [2.05, 4.69) is 10.6 Å². The molecule has 12 nitrogen and oxygen atoms in total. The molecule has 2 heterocycles. The fourth-order valence-electron chi connectivity index (χ4n) is 4.10. The summed E-state index contributed by atoms with van der Waals surface area (Å²) in [5.74, 6) is -2.25. The summed E-state index contributed by atoms with van der Waals surface area (Å²) in [5.41, 5.74) is 0.804. The van der Waals surface area contributed by atoms with E-state index in [9.17, 15) is 27.6 Å². The van der Waals surface area contributed by atoms with Crippen LogP contribution in [0.2, 0.25) is 0 Å². The molecule has 4 rings (SSSR count). The molecule has 2 aliphatic rings. The number of anilines is 1. The van der Waals surface area contributed by atoms with Crippen LogP contribution in [0, 0.1) is 0 Å². The van der Waals surface area contributed by atoms with Gasteiger partial charge in [0.1, 0.15) is 6.04 Å². The Kier molecular flexibility index (Phi) is 8.84. The fourth-order valence-corrected chi connectivity index (χ4v) is 5.01. The summed E-state index contributed by atoms with van der Waals surface area (Å²) in [5, 5.41) is 5.25. The van der Waals surface area contributed by atoms with E-state index in [4.69, 9.17) is 13.7 Å². The third-order valence-corrected chi connectivity index (χ3v) is 7.23. The van der Waals surface area contributed by atoms with Crippen LogP contribution in [0.1, 0.15) is 33.6 Å². The second-order valence-electron chi connectivity index (χ2n) is 8.42. The maximum atomic E-state index is 13.1. The minimum Gasteiger partial charge on any atom is -0.382 e. The van der Waals surface area contributed by atoms with E-state index in [1.165, 1.54) is 18.2 Å². The van der Waals surface area contributed by atoms with Gasteiger partial charge in [-0.3, -0.25) is 33.6 Å². The highest BCUT2D eigenvalue weighted by Crippen LogP contribution is 2.32. The standard InChI is InChI=1S/C25H27N3O9S/c29-21-10-9-20(23(30)27-21)28-24(31)18-7-4-8-19(22(18)25(28)32)26-11-12-35-13-14-36-15-16-37-38(33,34)17-5-2-1-3-6-17/h1-8,20,26H,9-16H2,(H,27,29,30). The van der Waals surface area contributed by atoms with E-state index in [1.54, 1.807) is 30.3 Å². The first-order chi connectivity index (χ1) is 18.3. The van der Waals surface area contributed by atoms with Crippen LogP contribution in [0.3, 0.4) is 0 Å². The van der Waals surface area contributed by atoms with Gasteiger partial charge in [0, 0.05) is 18.7 Å². The molecule has 2 aromatic carbocycles. The number of carbonyl (C=O) groups is 4. The van der Waals surface area contributed by atoms with Crippen LogP contribution in [-0.4, -0.2) is 82.6 Å². The van der Waals surface area contributed by atoms with Gasteiger partial charge >= 0.3 is 0 Å². The average molecular weight is 546 g/mol. The van der Waals surface area contributed by atoms with Crippen LogP contribution < -0.4 is 10.6 Å². The molecule has 0 aliphatic carbocycles. The number of piperidine rings is 1. The van der Waals surface area contributed by atoms with E-state index in [0.29, 0.717) is 12.2 Å². The predicted molar refractivity (Wildman–Crippen MR) is 133 cm³/mol. The molecule has 0 spiro atoms. The Morgan fingerprint density at radius 3 is 2.32 bits per heavy atom. The number of rotatable bonds is 13. The number of fused-ring (bicyclic) bond motifs is 1. The van der Waals surface area contributed by atoms with Crippen LogP contribution in [0.15, 0.2) is 53.4 Å². The summed E-state index contributed by atoms with van der Waals surface area (Å²) in [4.78, 5) is 50.6. The lowest BCUT2D eigenvalue weighted by Gasteiger charge is -2.27. The third-order valence-electron chi connectivity index (χ3n) is 5.90. The number of ether oxygens (including phenoxy) is 2. The first kappa shape index (κ1) is 27.4. The van der Waals surface area contributed by atoms with E-state index >= 15 is 0 Å². The number of benzene rings is 2. The van der Waals surface area contributed by atoms with Gasteiger partial charge in [-0.2, -0.15) is 8.42 Å². The number of carbonyl (C=O) groups excluding carboxylic acids is 4. The number of imide groups is 2. The Hall–Kier alpha value is -3.65. The van der Waals surface area contributed by atoms with Gasteiger partial charge in [0.15, 0.2) is 0 Å². The molecular formula is C25H27N3O9S. The number of nitrogens with one attached hydrogen (secondary N) is 2. The van der Waals surface area contributed by atoms with E-state index in [0.717, 1.165) is 4.90 Å². The smallest absolute Gasteiger partial charge is 0.297 e. The summed E-state index contributed by atoms with van der Waals surface area (Å²) in [6.07, 6.45) is 0.138. The molecule has 2 N–H and O–H groups in total. The monoisotopic (exact) mass is 545 g/mol. The first-order valence-corrected chi connectivity index (χ1v) is 13.4. The lowest BCUT2D eigenvalue weighted by molar-refractivity contribution is -0.136. The van der Waals surface area contributed by atoms with Crippen molar-refractivity contribution >= 4 is 39.4 Å². The molecule has 2 aliphatic heterocycles. The van der Waals surface area contributed by atoms with Gasteiger partial charge in [-0.1, -0.05) is 24.3 Å². The van der Waals surface area contributed by atoms with Crippen molar-refractivity contribution in [2.45, 2.75) is 23.8 Å². The van der Waals surface area contributed by atoms with Crippen LogP contribution in [-0.2, 0) is 33.4 Å². The van der Waals surface area contributed by atoms with Crippen molar-refractivity contribution in [1.82, 2.24) is 10.2 Å².